The van der Waals surface area contributed by atoms with Gasteiger partial charge in [-0.1, -0.05) is 48.5 Å². The molecule has 2 aromatic carbocycles. The van der Waals surface area contributed by atoms with E-state index >= 15 is 0 Å². The van der Waals surface area contributed by atoms with Crippen molar-refractivity contribution in [3.8, 4) is 0 Å². The molecule has 0 aliphatic heterocycles. The number of hydrogen-bond acceptors (Lipinski definition) is 3. The molecule has 0 unspecified atom stereocenters. The van der Waals surface area contributed by atoms with Gasteiger partial charge in [0.1, 0.15) is 0 Å². The van der Waals surface area contributed by atoms with Crippen LogP contribution < -0.4 is 0 Å². The third-order valence-corrected chi connectivity index (χ3v) is 5.26. The number of benzene rings is 2. The fraction of sp³-hybridized carbons (Fsp3) is 0.304. The minimum Gasteiger partial charge on any atom is -0.395 e. The summed E-state index contributed by atoms with van der Waals surface area (Å²) >= 11 is 0. The largest absolute Gasteiger partial charge is 0.395 e. The monoisotopic (exact) mass is 360 g/mol. The maximum Gasteiger partial charge on any atom is 0.255 e. The predicted molar refractivity (Wildman–Crippen MR) is 107 cm³/mol. The maximum absolute atomic E-state index is 13.6. The Kier molecular flexibility index (Phi) is 5.16. The molecular formula is C23H24N2O2. The first kappa shape index (κ1) is 17.7. The highest BCUT2D eigenvalue weighted by atomic mass is 16.3. The van der Waals surface area contributed by atoms with E-state index in [1.807, 2.05) is 54.6 Å². The molecule has 4 rings (SSSR count). The quantitative estimate of drug-likeness (QED) is 0.754. The fourth-order valence-corrected chi connectivity index (χ4v) is 3.95. The van der Waals surface area contributed by atoms with Crippen LogP contribution in [-0.4, -0.2) is 34.0 Å². The van der Waals surface area contributed by atoms with Crippen LogP contribution in [0.2, 0.25) is 0 Å². The van der Waals surface area contributed by atoms with Crippen molar-refractivity contribution in [2.45, 2.75) is 32.2 Å². The van der Waals surface area contributed by atoms with Gasteiger partial charge in [0, 0.05) is 24.2 Å². The first-order valence-electron chi connectivity index (χ1n) is 9.62. The zero-order valence-electron chi connectivity index (χ0n) is 15.4. The normalized spacial score (nSPS) is 13.4. The Morgan fingerprint density at radius 2 is 1.74 bits per heavy atom. The molecule has 1 aliphatic carbocycles. The Morgan fingerprint density at radius 1 is 1.00 bits per heavy atom. The Morgan fingerprint density at radius 3 is 2.56 bits per heavy atom. The lowest BCUT2D eigenvalue weighted by Crippen LogP contribution is -2.34. The topological polar surface area (TPSA) is 53.4 Å². The van der Waals surface area contributed by atoms with Gasteiger partial charge >= 0.3 is 0 Å². The summed E-state index contributed by atoms with van der Waals surface area (Å²) < 4.78 is 0. The van der Waals surface area contributed by atoms with Crippen LogP contribution in [0.25, 0.3) is 10.9 Å². The maximum atomic E-state index is 13.6. The summed E-state index contributed by atoms with van der Waals surface area (Å²) in [5.41, 5.74) is 4.88. The van der Waals surface area contributed by atoms with E-state index in [0.717, 1.165) is 59.0 Å². The molecule has 1 heterocycles. The molecule has 0 radical (unpaired) electrons. The fourth-order valence-electron chi connectivity index (χ4n) is 3.95. The van der Waals surface area contributed by atoms with Crippen molar-refractivity contribution in [1.29, 1.82) is 0 Å². The molecular weight excluding hydrogens is 336 g/mol. The van der Waals surface area contributed by atoms with Gasteiger partial charge in [-0.2, -0.15) is 0 Å². The van der Waals surface area contributed by atoms with Crippen LogP contribution in [0.5, 0.6) is 0 Å². The smallest absolute Gasteiger partial charge is 0.255 e. The first-order chi connectivity index (χ1) is 13.3. The second-order valence-corrected chi connectivity index (χ2v) is 7.07. The van der Waals surface area contributed by atoms with E-state index < -0.39 is 0 Å². The zero-order chi connectivity index (χ0) is 18.6. The van der Waals surface area contributed by atoms with Crippen LogP contribution in [0.15, 0.2) is 54.6 Å². The van der Waals surface area contributed by atoms with Crippen molar-refractivity contribution in [2.75, 3.05) is 13.2 Å². The summed E-state index contributed by atoms with van der Waals surface area (Å²) in [6, 6.07) is 17.8. The Labute approximate surface area is 159 Å². The molecule has 0 atom stereocenters. The van der Waals surface area contributed by atoms with E-state index in [0.29, 0.717) is 13.1 Å². The zero-order valence-corrected chi connectivity index (χ0v) is 15.4. The van der Waals surface area contributed by atoms with Gasteiger partial charge in [-0.05, 0) is 42.9 Å². The number of aromatic nitrogens is 1. The van der Waals surface area contributed by atoms with Crippen molar-refractivity contribution in [3.05, 3.63) is 77.0 Å². The van der Waals surface area contributed by atoms with E-state index in [-0.39, 0.29) is 12.5 Å². The molecule has 0 bridgehead atoms. The molecule has 0 spiro atoms. The Balaban J connectivity index is 1.80. The lowest BCUT2D eigenvalue weighted by Gasteiger charge is -2.26. The third kappa shape index (κ3) is 3.58. The number of fused-ring (bicyclic) bond motifs is 2. The van der Waals surface area contributed by atoms with Gasteiger partial charge in [0.05, 0.1) is 17.7 Å². The molecule has 0 saturated heterocycles. The van der Waals surface area contributed by atoms with Gasteiger partial charge in [0.15, 0.2) is 0 Å². The summed E-state index contributed by atoms with van der Waals surface area (Å²) in [5, 5.41) is 10.5. The first-order valence-corrected chi connectivity index (χ1v) is 9.62. The molecule has 0 saturated carbocycles. The second-order valence-electron chi connectivity index (χ2n) is 7.07. The Bertz CT molecular complexity index is 953. The molecule has 1 N–H and O–H groups in total. The number of aryl methyl sites for hydroxylation is 1. The van der Waals surface area contributed by atoms with Crippen LogP contribution in [0.1, 0.15) is 40.0 Å². The van der Waals surface area contributed by atoms with Crippen molar-refractivity contribution < 1.29 is 9.90 Å². The van der Waals surface area contributed by atoms with Gasteiger partial charge in [0.2, 0.25) is 0 Å². The number of nitrogens with zero attached hydrogens (tertiary/aromatic N) is 2. The minimum atomic E-state index is -0.0518. The molecule has 1 aliphatic rings. The van der Waals surface area contributed by atoms with Gasteiger partial charge < -0.3 is 10.0 Å². The van der Waals surface area contributed by atoms with Gasteiger partial charge in [-0.3, -0.25) is 9.78 Å². The van der Waals surface area contributed by atoms with Gasteiger partial charge in [-0.25, -0.2) is 0 Å². The number of carbonyl (C=O) groups is 1. The molecule has 138 valence electrons. The minimum absolute atomic E-state index is 0.00958. The summed E-state index contributed by atoms with van der Waals surface area (Å²) in [6.07, 6.45) is 4.04. The van der Waals surface area contributed by atoms with Gasteiger partial charge in [-0.15, -0.1) is 0 Å². The average molecular weight is 360 g/mol. The standard InChI is InChI=1S/C23H24N2O2/c26-15-14-25(16-17-8-2-1-3-9-17)23(27)22-18-10-4-6-12-20(18)24-21-13-7-5-11-19(21)22/h1-4,6,8-10,12,26H,5,7,11,13-16H2. The van der Waals surface area contributed by atoms with Crippen molar-refractivity contribution in [2.24, 2.45) is 0 Å². The van der Waals surface area contributed by atoms with E-state index in [1.165, 1.54) is 0 Å². The van der Waals surface area contributed by atoms with Crippen molar-refractivity contribution in [3.63, 3.8) is 0 Å². The highest BCUT2D eigenvalue weighted by Gasteiger charge is 2.25. The van der Waals surface area contributed by atoms with Crippen LogP contribution >= 0.6 is 0 Å². The molecule has 1 aromatic heterocycles. The summed E-state index contributed by atoms with van der Waals surface area (Å²) in [5.74, 6) is -0.00958. The lowest BCUT2D eigenvalue weighted by molar-refractivity contribution is 0.0708. The average Bonchev–Trinajstić information content (AvgIpc) is 2.72. The van der Waals surface area contributed by atoms with Crippen LogP contribution in [0.3, 0.4) is 0 Å². The van der Waals surface area contributed by atoms with E-state index in [2.05, 4.69) is 0 Å². The number of carbonyl (C=O) groups excluding carboxylic acids is 1. The predicted octanol–water partition coefficient (Wildman–Crippen LogP) is 3.75. The summed E-state index contributed by atoms with van der Waals surface area (Å²) in [4.78, 5) is 20.2. The molecule has 4 nitrogen and oxygen atoms in total. The number of para-hydroxylation sites is 1. The SMILES string of the molecule is O=C(c1c2c(nc3ccccc13)CCCC2)N(CCO)Cc1ccccc1. The van der Waals surface area contributed by atoms with Crippen LogP contribution in [0.4, 0.5) is 0 Å². The van der Waals surface area contributed by atoms with E-state index in [9.17, 15) is 9.90 Å². The summed E-state index contributed by atoms with van der Waals surface area (Å²) in [7, 11) is 0. The Hall–Kier alpha value is -2.72. The highest BCUT2D eigenvalue weighted by Crippen LogP contribution is 2.30. The van der Waals surface area contributed by atoms with E-state index in [1.54, 1.807) is 4.90 Å². The van der Waals surface area contributed by atoms with E-state index in [4.69, 9.17) is 4.98 Å². The summed E-state index contributed by atoms with van der Waals surface area (Å²) in [6.45, 7) is 0.759. The molecule has 1 amide bonds. The number of aliphatic hydroxyl groups is 1. The van der Waals surface area contributed by atoms with Crippen molar-refractivity contribution in [1.82, 2.24) is 9.88 Å². The number of amides is 1. The highest BCUT2D eigenvalue weighted by molar-refractivity contribution is 6.07. The number of aliphatic hydroxyl groups excluding tert-OH is 1. The molecule has 0 fully saturated rings. The van der Waals surface area contributed by atoms with Crippen LogP contribution in [0, 0.1) is 0 Å². The molecule has 27 heavy (non-hydrogen) atoms. The lowest BCUT2D eigenvalue weighted by atomic mass is 9.89. The molecule has 4 heteroatoms. The third-order valence-electron chi connectivity index (χ3n) is 5.26. The van der Waals surface area contributed by atoms with Gasteiger partial charge in [0.25, 0.3) is 5.91 Å². The van der Waals surface area contributed by atoms with Crippen molar-refractivity contribution >= 4 is 16.8 Å². The number of hydrogen-bond donors (Lipinski definition) is 1. The van der Waals surface area contributed by atoms with Crippen LogP contribution in [-0.2, 0) is 19.4 Å². The molecule has 3 aromatic rings. The number of pyridine rings is 1. The second kappa shape index (κ2) is 7.89. The number of rotatable bonds is 5.